The summed E-state index contributed by atoms with van der Waals surface area (Å²) in [6.07, 6.45) is 1.17. The van der Waals surface area contributed by atoms with Crippen molar-refractivity contribution in [1.29, 1.82) is 0 Å². The first kappa shape index (κ1) is 36.5. The minimum absolute atomic E-state index is 0.0860. The zero-order valence-electron chi connectivity index (χ0n) is 27.6. The molecule has 0 aliphatic rings. The topological polar surface area (TPSA) is 134 Å². The van der Waals surface area contributed by atoms with Crippen LogP contribution in [0.25, 0.3) is 0 Å². The average molecular weight is 627 g/mol. The van der Waals surface area contributed by atoms with Crippen LogP contribution in [0.4, 0.5) is 0 Å². The fourth-order valence-corrected chi connectivity index (χ4v) is 5.89. The predicted molar refractivity (Wildman–Crippen MR) is 170 cm³/mol. The van der Waals surface area contributed by atoms with Gasteiger partial charge in [-0.3, -0.25) is 19.6 Å². The number of hydrogen-bond donors (Lipinski definition) is 4. The Morgan fingerprint density at radius 3 is 1.12 bits per heavy atom. The van der Waals surface area contributed by atoms with E-state index in [4.69, 9.17) is 9.05 Å². The molecule has 0 atom stereocenters. The van der Waals surface area contributed by atoms with Crippen LogP contribution in [0.15, 0.2) is 24.3 Å². The van der Waals surface area contributed by atoms with Crippen molar-refractivity contribution >= 4 is 15.6 Å². The monoisotopic (exact) mass is 626 g/mol. The first-order chi connectivity index (χ1) is 18.6. The van der Waals surface area contributed by atoms with Gasteiger partial charge in [0.15, 0.2) is 0 Å². The van der Waals surface area contributed by atoms with Crippen LogP contribution < -0.4 is 9.05 Å². The average Bonchev–Trinajstić information content (AvgIpc) is 2.72. The highest BCUT2D eigenvalue weighted by molar-refractivity contribution is 7.47. The highest BCUT2D eigenvalue weighted by atomic mass is 31.2. The van der Waals surface area contributed by atoms with Gasteiger partial charge in [0.05, 0.1) is 0 Å². The van der Waals surface area contributed by atoms with Crippen molar-refractivity contribution in [3.8, 4) is 11.5 Å². The Labute approximate surface area is 252 Å². The van der Waals surface area contributed by atoms with E-state index in [9.17, 15) is 28.7 Å². The highest BCUT2D eigenvalue weighted by Gasteiger charge is 2.37. The fraction of sp³-hybridized carbons (Fsp3) is 0.625. The van der Waals surface area contributed by atoms with E-state index in [1.807, 2.05) is 72.7 Å². The molecule has 0 saturated carbocycles. The van der Waals surface area contributed by atoms with Crippen LogP contribution >= 0.6 is 15.6 Å². The lowest BCUT2D eigenvalue weighted by molar-refractivity contribution is 0.278. The third-order valence-electron chi connectivity index (χ3n) is 7.33. The number of rotatable bonds is 8. The van der Waals surface area contributed by atoms with Crippen LogP contribution in [-0.2, 0) is 30.8 Å². The molecular weight excluding hydrogens is 574 g/mol. The third-order valence-corrected chi connectivity index (χ3v) is 8.17. The van der Waals surface area contributed by atoms with E-state index in [0.717, 1.165) is 11.1 Å². The van der Waals surface area contributed by atoms with Crippen molar-refractivity contribution in [2.45, 2.75) is 130 Å². The molecule has 2 aromatic carbocycles. The van der Waals surface area contributed by atoms with Crippen molar-refractivity contribution in [3.05, 3.63) is 57.6 Å². The lowest BCUT2D eigenvalue weighted by atomic mass is 9.73. The van der Waals surface area contributed by atoms with Crippen molar-refractivity contribution < 1.29 is 37.8 Å². The van der Waals surface area contributed by atoms with Gasteiger partial charge in [0.2, 0.25) is 0 Å². The third kappa shape index (κ3) is 9.42. The second-order valence-electron chi connectivity index (χ2n) is 15.4. The molecule has 0 heterocycles. The minimum atomic E-state index is -4.99. The number of benzene rings is 2. The lowest BCUT2D eigenvalue weighted by Crippen LogP contribution is -2.22. The molecule has 4 N–H and O–H groups in total. The van der Waals surface area contributed by atoms with Crippen molar-refractivity contribution in [2.75, 3.05) is 0 Å². The number of phosphoric acid groups is 2. The molecule has 0 saturated heterocycles. The van der Waals surface area contributed by atoms with Gasteiger partial charge in [0, 0.05) is 28.2 Å². The van der Waals surface area contributed by atoms with Crippen LogP contribution in [-0.4, -0.2) is 19.6 Å². The summed E-state index contributed by atoms with van der Waals surface area (Å²) >= 11 is 0. The first-order valence-electron chi connectivity index (χ1n) is 14.4. The van der Waals surface area contributed by atoms with Gasteiger partial charge in [-0.05, 0) is 39.2 Å². The summed E-state index contributed by atoms with van der Waals surface area (Å²) in [4.78, 5) is 40.3. The summed E-state index contributed by atoms with van der Waals surface area (Å²) in [7, 11) is -9.98. The maximum Gasteiger partial charge on any atom is 0.524 e. The SMILES string of the molecule is CCCC(c1cc(C(C)(C)C)cc(C(C)(C)C)c1OP(=O)(O)O)c1cc(C(C)(C)C)cc(C(C)(C)C)c1OP(=O)(O)O. The standard InChI is InChI=1S/C32H52O8P2/c1-14-15-22(23-16-20(29(2,3)4)18-25(31(8,9)10)27(23)39-41(33,34)35)24-17-21(30(5,6)7)19-26(32(11,12)13)28(24)40-42(36,37)38/h16-19,22H,14-15H2,1-13H3,(H2,33,34,35)(H2,36,37,38). The molecule has 0 spiro atoms. The number of hydrogen-bond acceptors (Lipinski definition) is 4. The lowest BCUT2D eigenvalue weighted by Gasteiger charge is -2.34. The molecule has 0 fully saturated rings. The van der Waals surface area contributed by atoms with Gasteiger partial charge in [-0.25, -0.2) is 9.13 Å². The molecule has 10 heteroatoms. The summed E-state index contributed by atoms with van der Waals surface area (Å²) in [6, 6.07) is 7.72. The summed E-state index contributed by atoms with van der Waals surface area (Å²) < 4.78 is 35.8. The normalized spacial score (nSPS) is 14.0. The van der Waals surface area contributed by atoms with Gasteiger partial charge in [-0.1, -0.05) is 121 Å². The molecule has 2 aromatic rings. The van der Waals surface area contributed by atoms with Gasteiger partial charge in [-0.15, -0.1) is 0 Å². The molecule has 42 heavy (non-hydrogen) atoms. The Balaban J connectivity index is 3.29. The van der Waals surface area contributed by atoms with E-state index in [-0.39, 0.29) is 22.3 Å². The largest absolute Gasteiger partial charge is 0.524 e. The van der Waals surface area contributed by atoms with Gasteiger partial charge in [-0.2, -0.15) is 0 Å². The zero-order valence-corrected chi connectivity index (χ0v) is 29.4. The van der Waals surface area contributed by atoms with Crippen LogP contribution in [0.5, 0.6) is 11.5 Å². The molecule has 0 amide bonds. The van der Waals surface area contributed by atoms with Gasteiger partial charge < -0.3 is 9.05 Å². The zero-order chi connectivity index (χ0) is 32.9. The Hall–Kier alpha value is -1.66. The van der Waals surface area contributed by atoms with E-state index in [1.165, 1.54) is 0 Å². The summed E-state index contributed by atoms with van der Waals surface area (Å²) in [5.41, 5.74) is 2.51. The molecule has 238 valence electrons. The van der Waals surface area contributed by atoms with Gasteiger partial charge >= 0.3 is 15.6 Å². The molecule has 8 nitrogen and oxygen atoms in total. The maximum atomic E-state index is 12.4. The second-order valence-corrected chi connectivity index (χ2v) is 17.7. The Bertz CT molecular complexity index is 1270. The van der Waals surface area contributed by atoms with Gasteiger partial charge in [0.25, 0.3) is 0 Å². The Morgan fingerprint density at radius 2 is 0.905 bits per heavy atom. The summed E-state index contributed by atoms with van der Waals surface area (Å²) in [5.74, 6) is -0.393. The van der Waals surface area contributed by atoms with Crippen LogP contribution in [0.2, 0.25) is 0 Å². The molecule has 0 aliphatic carbocycles. The molecular formula is C32H52O8P2. The van der Waals surface area contributed by atoms with Crippen LogP contribution in [0, 0.1) is 0 Å². The van der Waals surface area contributed by atoms with Crippen LogP contribution in [0.3, 0.4) is 0 Å². The van der Waals surface area contributed by atoms with E-state index in [0.29, 0.717) is 35.1 Å². The first-order valence-corrected chi connectivity index (χ1v) is 17.5. The van der Waals surface area contributed by atoms with E-state index >= 15 is 0 Å². The smallest absolute Gasteiger partial charge is 0.404 e. The quantitative estimate of drug-likeness (QED) is 0.214. The van der Waals surface area contributed by atoms with Crippen molar-refractivity contribution in [1.82, 2.24) is 0 Å². The maximum absolute atomic E-state index is 12.4. The fourth-order valence-electron chi connectivity index (χ4n) is 5.01. The predicted octanol–water partition coefficient (Wildman–Crippen LogP) is 8.75. The molecule has 0 aliphatic heterocycles. The van der Waals surface area contributed by atoms with E-state index in [1.54, 1.807) is 0 Å². The Morgan fingerprint density at radius 1 is 0.595 bits per heavy atom. The Kier molecular flexibility index (Phi) is 10.5. The van der Waals surface area contributed by atoms with Crippen LogP contribution in [0.1, 0.15) is 142 Å². The van der Waals surface area contributed by atoms with E-state index in [2.05, 4.69) is 41.5 Å². The second kappa shape index (κ2) is 12.0. The summed E-state index contributed by atoms with van der Waals surface area (Å²) in [6.45, 7) is 26.1. The minimum Gasteiger partial charge on any atom is -0.404 e. The molecule has 0 bridgehead atoms. The highest BCUT2D eigenvalue weighted by Crippen LogP contribution is 2.54. The molecule has 2 rings (SSSR count). The number of phosphoric ester groups is 2. The molecule has 0 aromatic heterocycles. The van der Waals surface area contributed by atoms with Crippen molar-refractivity contribution in [2.24, 2.45) is 0 Å². The summed E-state index contributed by atoms with van der Waals surface area (Å²) in [5, 5.41) is 0. The van der Waals surface area contributed by atoms with Gasteiger partial charge in [0.1, 0.15) is 11.5 Å². The van der Waals surface area contributed by atoms with Crippen molar-refractivity contribution in [3.63, 3.8) is 0 Å². The van der Waals surface area contributed by atoms with E-state index < -0.39 is 32.4 Å². The molecule has 0 radical (unpaired) electrons. The molecule has 0 unspecified atom stereocenters.